The van der Waals surface area contributed by atoms with E-state index < -0.39 is 0 Å². The number of ether oxygens (including phenoxy) is 2. The molecule has 4 rings (SSSR count). The first-order valence-electron chi connectivity index (χ1n) is 10.3. The van der Waals surface area contributed by atoms with Crippen LogP contribution in [0.3, 0.4) is 0 Å². The van der Waals surface area contributed by atoms with Crippen LogP contribution in [0.25, 0.3) is 0 Å². The highest BCUT2D eigenvalue weighted by molar-refractivity contribution is 5.30. The number of methoxy groups -OCH3 is 1. The largest absolute Gasteiger partial charge is 0.481 e. The molecule has 4 nitrogen and oxygen atoms in total. The Kier molecular flexibility index (Phi) is 6.23. The van der Waals surface area contributed by atoms with E-state index in [1.165, 1.54) is 11.1 Å². The lowest BCUT2D eigenvalue weighted by Gasteiger charge is -2.31. The van der Waals surface area contributed by atoms with Gasteiger partial charge in [-0.2, -0.15) is 0 Å². The number of hydrogen-bond acceptors (Lipinski definition) is 4. The van der Waals surface area contributed by atoms with Crippen molar-refractivity contribution in [1.29, 1.82) is 0 Å². The van der Waals surface area contributed by atoms with Crippen molar-refractivity contribution in [1.82, 2.24) is 9.88 Å². The summed E-state index contributed by atoms with van der Waals surface area (Å²) in [6, 6.07) is 25.6. The van der Waals surface area contributed by atoms with Gasteiger partial charge in [0.05, 0.1) is 7.11 Å². The third-order valence-corrected chi connectivity index (χ3v) is 5.65. The van der Waals surface area contributed by atoms with Crippen molar-refractivity contribution < 1.29 is 9.47 Å². The Morgan fingerprint density at radius 2 is 1.76 bits per heavy atom. The van der Waals surface area contributed by atoms with E-state index in [1.807, 2.05) is 12.1 Å². The molecule has 3 unspecified atom stereocenters. The Bertz CT molecular complexity index is 901. The highest BCUT2D eigenvalue weighted by atomic mass is 16.5. The average Bonchev–Trinajstić information content (AvgIpc) is 3.24. The van der Waals surface area contributed by atoms with E-state index in [0.29, 0.717) is 11.9 Å². The zero-order chi connectivity index (χ0) is 20.1. The summed E-state index contributed by atoms with van der Waals surface area (Å²) in [6.07, 6.45) is 3.65. The first-order chi connectivity index (χ1) is 14.3. The monoisotopic (exact) mass is 388 g/mol. The fourth-order valence-corrected chi connectivity index (χ4v) is 4.17. The molecule has 150 valence electrons. The molecule has 2 aromatic carbocycles. The summed E-state index contributed by atoms with van der Waals surface area (Å²) in [6.45, 7) is 3.07. The third kappa shape index (κ3) is 4.34. The van der Waals surface area contributed by atoms with Crippen LogP contribution in [-0.4, -0.2) is 29.6 Å². The summed E-state index contributed by atoms with van der Waals surface area (Å²) in [5.74, 6) is 0.641. The van der Waals surface area contributed by atoms with Crippen molar-refractivity contribution in [2.45, 2.75) is 38.1 Å². The molecule has 0 saturated carbocycles. The molecule has 3 aromatic rings. The van der Waals surface area contributed by atoms with Gasteiger partial charge in [-0.15, -0.1) is 0 Å². The normalized spacial score (nSPS) is 20.5. The van der Waals surface area contributed by atoms with Crippen molar-refractivity contribution in [2.75, 3.05) is 13.7 Å². The molecule has 29 heavy (non-hydrogen) atoms. The first-order valence-corrected chi connectivity index (χ1v) is 10.3. The highest BCUT2D eigenvalue weighted by Crippen LogP contribution is 2.41. The molecule has 1 aliphatic heterocycles. The Morgan fingerprint density at radius 3 is 2.45 bits per heavy atom. The number of pyridine rings is 1. The van der Waals surface area contributed by atoms with Gasteiger partial charge >= 0.3 is 0 Å². The molecule has 2 heterocycles. The lowest BCUT2D eigenvalue weighted by molar-refractivity contribution is -0.0180. The minimum atomic E-state index is -0.0835. The second kappa shape index (κ2) is 9.21. The van der Waals surface area contributed by atoms with Crippen LogP contribution in [-0.2, 0) is 11.2 Å². The van der Waals surface area contributed by atoms with Crippen LogP contribution in [0.2, 0.25) is 0 Å². The van der Waals surface area contributed by atoms with Crippen molar-refractivity contribution in [2.24, 2.45) is 0 Å². The van der Waals surface area contributed by atoms with Crippen molar-refractivity contribution in [3.8, 4) is 5.88 Å². The summed E-state index contributed by atoms with van der Waals surface area (Å²) in [5.41, 5.74) is 3.55. The predicted molar refractivity (Wildman–Crippen MR) is 115 cm³/mol. The molecule has 0 N–H and O–H groups in total. The summed E-state index contributed by atoms with van der Waals surface area (Å²) in [5, 5.41) is 0. The van der Waals surface area contributed by atoms with Gasteiger partial charge in [0.2, 0.25) is 5.88 Å². The molecule has 3 atom stereocenters. The van der Waals surface area contributed by atoms with Gasteiger partial charge in [-0.1, -0.05) is 67.6 Å². The maximum atomic E-state index is 6.62. The summed E-state index contributed by atoms with van der Waals surface area (Å²) < 4.78 is 12.1. The van der Waals surface area contributed by atoms with Crippen LogP contribution in [0.15, 0.2) is 79.0 Å². The Hall–Kier alpha value is -2.69. The van der Waals surface area contributed by atoms with Crippen LogP contribution >= 0.6 is 0 Å². The minimum Gasteiger partial charge on any atom is -0.481 e. The fraction of sp³-hybridized carbons (Fsp3) is 0.320. The maximum absolute atomic E-state index is 6.62. The number of hydrogen-bond donors (Lipinski definition) is 0. The number of rotatable bonds is 7. The molecule has 1 fully saturated rings. The lowest BCUT2D eigenvalue weighted by atomic mass is 10.0. The molecule has 1 aromatic heterocycles. The molecule has 1 aliphatic rings. The van der Waals surface area contributed by atoms with E-state index in [4.69, 9.17) is 9.47 Å². The van der Waals surface area contributed by atoms with Crippen LogP contribution < -0.4 is 4.74 Å². The number of nitrogens with zero attached hydrogens (tertiary/aromatic N) is 2. The summed E-state index contributed by atoms with van der Waals surface area (Å²) in [7, 11) is 1.66. The average molecular weight is 389 g/mol. The van der Waals surface area contributed by atoms with Gasteiger partial charge in [0.15, 0.2) is 0 Å². The highest BCUT2D eigenvalue weighted by Gasteiger charge is 2.39. The van der Waals surface area contributed by atoms with Crippen LogP contribution in [0.4, 0.5) is 0 Å². The third-order valence-electron chi connectivity index (χ3n) is 5.65. The van der Waals surface area contributed by atoms with Crippen molar-refractivity contribution in [3.05, 3.63) is 95.7 Å². The Balaban J connectivity index is 1.65. The summed E-state index contributed by atoms with van der Waals surface area (Å²) >= 11 is 0. The standard InChI is InChI=1S/C25H28N2O2/c1-3-21(17-19-11-6-4-7-12-19)27-18-23(22-15-10-16-26-24(22)28-2)29-25(27)20-13-8-5-9-14-20/h4-16,21,23,25H,3,17-18H2,1-2H3. The maximum Gasteiger partial charge on any atom is 0.218 e. The van der Waals surface area contributed by atoms with E-state index >= 15 is 0 Å². The molecule has 0 amide bonds. The lowest BCUT2D eigenvalue weighted by Crippen LogP contribution is -2.36. The van der Waals surface area contributed by atoms with E-state index in [0.717, 1.165) is 24.9 Å². The van der Waals surface area contributed by atoms with Gasteiger partial charge in [-0.05, 0) is 36.1 Å². The van der Waals surface area contributed by atoms with Crippen molar-refractivity contribution in [3.63, 3.8) is 0 Å². The topological polar surface area (TPSA) is 34.6 Å². The van der Waals surface area contributed by atoms with E-state index in [9.17, 15) is 0 Å². The van der Waals surface area contributed by atoms with Crippen LogP contribution in [0, 0.1) is 0 Å². The van der Waals surface area contributed by atoms with Gasteiger partial charge in [0, 0.05) is 24.3 Å². The molecular weight excluding hydrogens is 360 g/mol. The van der Waals surface area contributed by atoms with Crippen LogP contribution in [0.5, 0.6) is 5.88 Å². The number of benzene rings is 2. The van der Waals surface area contributed by atoms with Gasteiger partial charge in [-0.25, -0.2) is 4.98 Å². The molecule has 4 heteroatoms. The Labute approximate surface area is 173 Å². The molecule has 0 aliphatic carbocycles. The SMILES string of the molecule is CCC(Cc1ccccc1)N1CC(c2cccnc2OC)OC1c1ccccc1. The quantitative estimate of drug-likeness (QED) is 0.558. The second-order valence-corrected chi connectivity index (χ2v) is 7.44. The van der Waals surface area contributed by atoms with Gasteiger partial charge in [0.25, 0.3) is 0 Å². The smallest absolute Gasteiger partial charge is 0.218 e. The number of aromatic nitrogens is 1. The predicted octanol–water partition coefficient (Wildman–Crippen LogP) is 5.18. The van der Waals surface area contributed by atoms with Crippen LogP contribution in [0.1, 0.15) is 42.4 Å². The first kappa shape index (κ1) is 19.6. The fourth-order valence-electron chi connectivity index (χ4n) is 4.17. The molecule has 0 bridgehead atoms. The molecule has 0 spiro atoms. The van der Waals surface area contributed by atoms with Gasteiger partial charge in [-0.3, -0.25) is 4.90 Å². The van der Waals surface area contributed by atoms with E-state index in [2.05, 4.69) is 77.5 Å². The van der Waals surface area contributed by atoms with E-state index in [1.54, 1.807) is 13.3 Å². The van der Waals surface area contributed by atoms with Crippen molar-refractivity contribution >= 4 is 0 Å². The molecule has 1 saturated heterocycles. The van der Waals surface area contributed by atoms with Gasteiger partial charge < -0.3 is 9.47 Å². The minimum absolute atomic E-state index is 0.0753. The second-order valence-electron chi connectivity index (χ2n) is 7.44. The van der Waals surface area contributed by atoms with Gasteiger partial charge in [0.1, 0.15) is 12.3 Å². The Morgan fingerprint density at radius 1 is 1.03 bits per heavy atom. The zero-order valence-electron chi connectivity index (χ0n) is 17.1. The summed E-state index contributed by atoms with van der Waals surface area (Å²) in [4.78, 5) is 6.88. The molecule has 0 radical (unpaired) electrons. The van der Waals surface area contributed by atoms with E-state index in [-0.39, 0.29) is 12.3 Å². The zero-order valence-corrected chi connectivity index (χ0v) is 17.1. The molecular formula is C25H28N2O2.